The van der Waals surface area contributed by atoms with E-state index in [0.29, 0.717) is 37.0 Å². The first kappa shape index (κ1) is 17.0. The van der Waals surface area contributed by atoms with Gasteiger partial charge in [-0.1, -0.05) is 18.2 Å². The van der Waals surface area contributed by atoms with Crippen molar-refractivity contribution in [2.24, 2.45) is 0 Å². The predicted molar refractivity (Wildman–Crippen MR) is 101 cm³/mol. The molecule has 0 atom stereocenters. The third-order valence-electron chi connectivity index (χ3n) is 4.29. The first-order chi connectivity index (χ1) is 13.1. The smallest absolute Gasteiger partial charge is 0.278 e. The zero-order chi connectivity index (χ0) is 18.8. The van der Waals surface area contributed by atoms with Gasteiger partial charge in [0.25, 0.3) is 5.91 Å². The van der Waals surface area contributed by atoms with E-state index < -0.39 is 0 Å². The Balaban J connectivity index is 1.52. The number of ether oxygens (including phenoxy) is 1. The summed E-state index contributed by atoms with van der Waals surface area (Å²) in [5, 5.41) is 4.49. The number of carbonyl (C=O) groups is 1. The van der Waals surface area contributed by atoms with Gasteiger partial charge in [-0.25, -0.2) is 4.98 Å². The second-order valence-electron chi connectivity index (χ2n) is 6.41. The van der Waals surface area contributed by atoms with Crippen molar-refractivity contribution < 1.29 is 9.53 Å². The standard InChI is InChI=1S/C19H20N6O2/c1-23(2)17-8-9-20-19(21-17)24-10-11-25-16(18(24)26)12-14(22-25)13-27-15-6-4-3-5-7-15/h3-9,12H,10-11,13H2,1-2H3. The lowest BCUT2D eigenvalue weighted by molar-refractivity contribution is 0.0960. The number of aromatic nitrogens is 4. The van der Waals surface area contributed by atoms with E-state index in [4.69, 9.17) is 4.74 Å². The summed E-state index contributed by atoms with van der Waals surface area (Å²) in [6, 6.07) is 13.1. The third kappa shape index (κ3) is 3.46. The summed E-state index contributed by atoms with van der Waals surface area (Å²) in [6.45, 7) is 1.37. The highest BCUT2D eigenvalue weighted by molar-refractivity contribution is 6.04. The lowest BCUT2D eigenvalue weighted by Crippen LogP contribution is -2.41. The average Bonchev–Trinajstić information content (AvgIpc) is 3.12. The van der Waals surface area contributed by atoms with Gasteiger partial charge in [-0.3, -0.25) is 14.4 Å². The Labute approximate surface area is 157 Å². The minimum atomic E-state index is -0.157. The first-order valence-electron chi connectivity index (χ1n) is 8.68. The highest BCUT2D eigenvalue weighted by Gasteiger charge is 2.29. The third-order valence-corrected chi connectivity index (χ3v) is 4.29. The van der Waals surface area contributed by atoms with Gasteiger partial charge in [-0.05, 0) is 24.3 Å². The normalized spacial score (nSPS) is 13.4. The summed E-state index contributed by atoms with van der Waals surface area (Å²) in [5.41, 5.74) is 1.23. The average molecular weight is 364 g/mol. The van der Waals surface area contributed by atoms with Crippen LogP contribution in [0.1, 0.15) is 16.2 Å². The number of nitrogens with zero attached hydrogens (tertiary/aromatic N) is 6. The number of hydrogen-bond donors (Lipinski definition) is 0. The molecule has 0 saturated carbocycles. The summed E-state index contributed by atoms with van der Waals surface area (Å²) >= 11 is 0. The van der Waals surface area contributed by atoms with Crippen LogP contribution >= 0.6 is 0 Å². The molecule has 1 aliphatic heterocycles. The highest BCUT2D eigenvalue weighted by atomic mass is 16.5. The zero-order valence-corrected chi connectivity index (χ0v) is 15.2. The molecule has 27 heavy (non-hydrogen) atoms. The Hall–Kier alpha value is -3.42. The number of fused-ring (bicyclic) bond motifs is 1. The van der Waals surface area contributed by atoms with Crippen LogP contribution in [-0.4, -0.2) is 46.3 Å². The first-order valence-corrected chi connectivity index (χ1v) is 8.68. The zero-order valence-electron chi connectivity index (χ0n) is 15.2. The molecule has 4 rings (SSSR count). The van der Waals surface area contributed by atoms with Gasteiger partial charge in [-0.2, -0.15) is 10.1 Å². The summed E-state index contributed by atoms with van der Waals surface area (Å²) in [6.07, 6.45) is 1.66. The second-order valence-corrected chi connectivity index (χ2v) is 6.41. The Bertz CT molecular complexity index is 954. The quantitative estimate of drug-likeness (QED) is 0.689. The molecule has 0 aliphatic carbocycles. The van der Waals surface area contributed by atoms with Gasteiger partial charge in [-0.15, -0.1) is 0 Å². The fourth-order valence-electron chi connectivity index (χ4n) is 2.90. The van der Waals surface area contributed by atoms with E-state index >= 15 is 0 Å². The van der Waals surface area contributed by atoms with Crippen molar-refractivity contribution in [2.45, 2.75) is 13.2 Å². The number of rotatable bonds is 5. The number of anilines is 2. The Morgan fingerprint density at radius 3 is 2.74 bits per heavy atom. The Morgan fingerprint density at radius 1 is 1.15 bits per heavy atom. The van der Waals surface area contributed by atoms with Gasteiger partial charge in [0.2, 0.25) is 5.95 Å². The maximum Gasteiger partial charge on any atom is 0.278 e. The SMILES string of the molecule is CN(C)c1ccnc(N2CCn3nc(COc4ccccc4)cc3C2=O)n1. The van der Waals surface area contributed by atoms with Gasteiger partial charge in [0, 0.05) is 26.8 Å². The van der Waals surface area contributed by atoms with E-state index in [-0.39, 0.29) is 5.91 Å². The molecule has 2 aromatic heterocycles. The molecule has 0 unspecified atom stereocenters. The van der Waals surface area contributed by atoms with Crippen LogP contribution in [0.4, 0.5) is 11.8 Å². The summed E-state index contributed by atoms with van der Waals surface area (Å²) < 4.78 is 7.45. The van der Waals surface area contributed by atoms with E-state index in [1.807, 2.05) is 49.3 Å². The van der Waals surface area contributed by atoms with Crippen LogP contribution in [0.2, 0.25) is 0 Å². The Morgan fingerprint density at radius 2 is 1.96 bits per heavy atom. The molecule has 1 amide bonds. The molecule has 1 aliphatic rings. The molecular formula is C19H20N6O2. The monoisotopic (exact) mass is 364 g/mol. The molecule has 8 heteroatoms. The molecule has 3 aromatic rings. The number of para-hydroxylation sites is 1. The van der Waals surface area contributed by atoms with Crippen molar-refractivity contribution in [2.75, 3.05) is 30.4 Å². The molecule has 0 saturated heterocycles. The highest BCUT2D eigenvalue weighted by Crippen LogP contribution is 2.21. The molecule has 0 radical (unpaired) electrons. The van der Waals surface area contributed by atoms with Crippen molar-refractivity contribution >= 4 is 17.7 Å². The van der Waals surface area contributed by atoms with E-state index in [9.17, 15) is 4.79 Å². The summed E-state index contributed by atoms with van der Waals surface area (Å²) in [5.74, 6) is 1.77. The van der Waals surface area contributed by atoms with Crippen LogP contribution < -0.4 is 14.5 Å². The van der Waals surface area contributed by atoms with Crippen LogP contribution in [0.25, 0.3) is 0 Å². The maximum atomic E-state index is 12.9. The van der Waals surface area contributed by atoms with Crippen LogP contribution in [0.15, 0.2) is 48.7 Å². The fraction of sp³-hybridized carbons (Fsp3) is 0.263. The molecule has 3 heterocycles. The molecule has 0 spiro atoms. The van der Waals surface area contributed by atoms with Crippen LogP contribution in [0.3, 0.4) is 0 Å². The van der Waals surface area contributed by atoms with Crippen molar-refractivity contribution in [1.29, 1.82) is 0 Å². The lowest BCUT2D eigenvalue weighted by Gasteiger charge is -2.26. The lowest BCUT2D eigenvalue weighted by atomic mass is 10.2. The molecule has 0 fully saturated rings. The van der Waals surface area contributed by atoms with Crippen molar-refractivity contribution in [3.63, 3.8) is 0 Å². The maximum absolute atomic E-state index is 12.9. The van der Waals surface area contributed by atoms with E-state index in [1.54, 1.807) is 27.9 Å². The number of amides is 1. The molecule has 138 valence electrons. The molecule has 0 bridgehead atoms. The van der Waals surface area contributed by atoms with Crippen molar-refractivity contribution in [3.05, 3.63) is 60.0 Å². The van der Waals surface area contributed by atoms with Gasteiger partial charge < -0.3 is 9.64 Å². The van der Waals surface area contributed by atoms with Gasteiger partial charge in [0.05, 0.1) is 6.54 Å². The van der Waals surface area contributed by atoms with E-state index in [0.717, 1.165) is 11.6 Å². The van der Waals surface area contributed by atoms with E-state index in [1.165, 1.54) is 0 Å². The fourth-order valence-corrected chi connectivity index (χ4v) is 2.90. The minimum Gasteiger partial charge on any atom is -0.487 e. The van der Waals surface area contributed by atoms with Crippen LogP contribution in [-0.2, 0) is 13.2 Å². The minimum absolute atomic E-state index is 0.157. The van der Waals surface area contributed by atoms with E-state index in [2.05, 4.69) is 15.1 Å². The summed E-state index contributed by atoms with van der Waals surface area (Å²) in [4.78, 5) is 25.1. The molecule has 0 N–H and O–H groups in total. The Kier molecular flexibility index (Phi) is 4.45. The van der Waals surface area contributed by atoms with Crippen LogP contribution in [0.5, 0.6) is 5.75 Å². The van der Waals surface area contributed by atoms with Crippen LogP contribution in [0, 0.1) is 0 Å². The molecule has 8 nitrogen and oxygen atoms in total. The second kappa shape index (κ2) is 7.06. The van der Waals surface area contributed by atoms with Crippen molar-refractivity contribution in [1.82, 2.24) is 19.7 Å². The van der Waals surface area contributed by atoms with Crippen molar-refractivity contribution in [3.8, 4) is 5.75 Å². The number of benzene rings is 1. The largest absolute Gasteiger partial charge is 0.487 e. The molecule has 1 aromatic carbocycles. The number of hydrogen-bond acceptors (Lipinski definition) is 6. The number of carbonyl (C=O) groups excluding carboxylic acids is 1. The van der Waals surface area contributed by atoms with Gasteiger partial charge in [0.15, 0.2) is 0 Å². The molecular weight excluding hydrogens is 344 g/mol. The topological polar surface area (TPSA) is 76.4 Å². The van der Waals surface area contributed by atoms with Gasteiger partial charge >= 0.3 is 0 Å². The summed E-state index contributed by atoms with van der Waals surface area (Å²) in [7, 11) is 3.80. The van der Waals surface area contributed by atoms with Gasteiger partial charge in [0.1, 0.15) is 29.6 Å². The predicted octanol–water partition coefficient (Wildman–Crippen LogP) is 1.98.